The standard InChI is InChI=1S/C14H18N2O3/c1-9-6-7-12(15-14(9)17)8-11-4-3-5-13(10(11)2)16(18)19/h3-5,9,12H,6-8H2,1-2H3,(H,15,17). The van der Waals surface area contributed by atoms with E-state index in [4.69, 9.17) is 0 Å². The molecule has 5 heteroatoms. The quantitative estimate of drug-likeness (QED) is 0.671. The van der Waals surface area contributed by atoms with E-state index in [1.165, 1.54) is 6.07 Å². The number of hydrogen-bond donors (Lipinski definition) is 1. The lowest BCUT2D eigenvalue weighted by Crippen LogP contribution is -2.44. The molecule has 1 heterocycles. The maximum atomic E-state index is 11.6. The molecule has 0 aliphatic carbocycles. The number of amides is 1. The Morgan fingerprint density at radius 2 is 2.16 bits per heavy atom. The molecule has 1 saturated heterocycles. The number of nitro benzene ring substituents is 1. The molecule has 2 rings (SSSR count). The molecule has 1 fully saturated rings. The summed E-state index contributed by atoms with van der Waals surface area (Å²) in [5.74, 6) is 0.154. The molecule has 1 aliphatic heterocycles. The van der Waals surface area contributed by atoms with Crippen LogP contribution in [0.1, 0.15) is 30.9 Å². The van der Waals surface area contributed by atoms with Crippen molar-refractivity contribution < 1.29 is 9.72 Å². The van der Waals surface area contributed by atoms with Crippen LogP contribution in [0.15, 0.2) is 18.2 Å². The highest BCUT2D eigenvalue weighted by Crippen LogP contribution is 2.24. The minimum atomic E-state index is -0.361. The van der Waals surface area contributed by atoms with Crippen LogP contribution in [0, 0.1) is 23.0 Å². The van der Waals surface area contributed by atoms with Crippen molar-refractivity contribution in [1.82, 2.24) is 5.32 Å². The van der Waals surface area contributed by atoms with E-state index in [1.54, 1.807) is 13.0 Å². The first-order valence-electron chi connectivity index (χ1n) is 6.52. The Hall–Kier alpha value is -1.91. The van der Waals surface area contributed by atoms with Crippen LogP contribution in [0.25, 0.3) is 0 Å². The van der Waals surface area contributed by atoms with Crippen LogP contribution in [-0.4, -0.2) is 16.9 Å². The molecule has 0 aromatic heterocycles. The van der Waals surface area contributed by atoms with E-state index < -0.39 is 0 Å². The van der Waals surface area contributed by atoms with Crippen LogP contribution < -0.4 is 5.32 Å². The fourth-order valence-corrected chi connectivity index (χ4v) is 2.51. The van der Waals surface area contributed by atoms with Gasteiger partial charge in [-0.1, -0.05) is 19.1 Å². The molecule has 5 nitrogen and oxygen atoms in total. The van der Waals surface area contributed by atoms with Crippen molar-refractivity contribution in [3.63, 3.8) is 0 Å². The molecular weight excluding hydrogens is 244 g/mol. The summed E-state index contributed by atoms with van der Waals surface area (Å²) in [5, 5.41) is 13.9. The van der Waals surface area contributed by atoms with Gasteiger partial charge in [-0.05, 0) is 31.7 Å². The number of nitrogens with one attached hydrogen (secondary N) is 1. The maximum absolute atomic E-state index is 11.6. The van der Waals surface area contributed by atoms with Crippen molar-refractivity contribution in [3.8, 4) is 0 Å². The number of carbonyl (C=O) groups is 1. The van der Waals surface area contributed by atoms with Crippen LogP contribution in [0.4, 0.5) is 5.69 Å². The highest BCUT2D eigenvalue weighted by molar-refractivity contribution is 5.79. The molecule has 0 bridgehead atoms. The summed E-state index contributed by atoms with van der Waals surface area (Å²) >= 11 is 0. The fourth-order valence-electron chi connectivity index (χ4n) is 2.51. The lowest BCUT2D eigenvalue weighted by molar-refractivity contribution is -0.385. The lowest BCUT2D eigenvalue weighted by Gasteiger charge is -2.27. The molecule has 1 amide bonds. The SMILES string of the molecule is Cc1c(CC2CCC(C)C(=O)N2)cccc1[N+](=O)[O-]. The Kier molecular flexibility index (Phi) is 3.83. The van der Waals surface area contributed by atoms with E-state index in [9.17, 15) is 14.9 Å². The predicted molar refractivity (Wildman–Crippen MR) is 71.9 cm³/mol. The number of benzene rings is 1. The van der Waals surface area contributed by atoms with Gasteiger partial charge in [0.25, 0.3) is 5.69 Å². The highest BCUT2D eigenvalue weighted by Gasteiger charge is 2.25. The van der Waals surface area contributed by atoms with Gasteiger partial charge >= 0.3 is 0 Å². The maximum Gasteiger partial charge on any atom is 0.272 e. The number of piperidine rings is 1. The summed E-state index contributed by atoms with van der Waals surface area (Å²) in [5.41, 5.74) is 1.78. The second kappa shape index (κ2) is 5.38. The number of nitro groups is 1. The Morgan fingerprint density at radius 3 is 2.79 bits per heavy atom. The zero-order chi connectivity index (χ0) is 14.0. The first kappa shape index (κ1) is 13.5. The van der Waals surface area contributed by atoms with Crippen LogP contribution in [0.3, 0.4) is 0 Å². The molecule has 0 radical (unpaired) electrons. The zero-order valence-corrected chi connectivity index (χ0v) is 11.2. The van der Waals surface area contributed by atoms with Gasteiger partial charge in [-0.2, -0.15) is 0 Å². The third-order valence-electron chi connectivity index (χ3n) is 3.82. The summed E-state index contributed by atoms with van der Waals surface area (Å²) in [6.07, 6.45) is 2.46. The van der Waals surface area contributed by atoms with Crippen LogP contribution in [0.2, 0.25) is 0 Å². The first-order chi connectivity index (χ1) is 8.99. The molecule has 2 unspecified atom stereocenters. The van der Waals surface area contributed by atoms with E-state index in [0.29, 0.717) is 12.0 Å². The van der Waals surface area contributed by atoms with Crippen molar-refractivity contribution in [3.05, 3.63) is 39.4 Å². The minimum Gasteiger partial charge on any atom is -0.353 e. The molecule has 0 spiro atoms. The Labute approximate surface area is 112 Å². The number of nitrogens with zero attached hydrogens (tertiary/aromatic N) is 1. The molecule has 0 saturated carbocycles. The monoisotopic (exact) mass is 262 g/mol. The molecule has 19 heavy (non-hydrogen) atoms. The number of hydrogen-bond acceptors (Lipinski definition) is 3. The van der Waals surface area contributed by atoms with E-state index in [2.05, 4.69) is 5.32 Å². The van der Waals surface area contributed by atoms with Crippen molar-refractivity contribution in [2.45, 2.75) is 39.2 Å². The largest absolute Gasteiger partial charge is 0.353 e. The van der Waals surface area contributed by atoms with E-state index in [1.807, 2.05) is 13.0 Å². The second-order valence-electron chi connectivity index (χ2n) is 5.21. The van der Waals surface area contributed by atoms with E-state index >= 15 is 0 Å². The van der Waals surface area contributed by atoms with Crippen molar-refractivity contribution in [2.24, 2.45) is 5.92 Å². The van der Waals surface area contributed by atoms with Crippen molar-refractivity contribution in [2.75, 3.05) is 0 Å². The summed E-state index contributed by atoms with van der Waals surface area (Å²) in [6.45, 7) is 3.69. The molecular formula is C14H18N2O3. The normalized spacial score (nSPS) is 22.9. The molecule has 2 atom stereocenters. The molecule has 1 aliphatic rings. The summed E-state index contributed by atoms with van der Waals surface area (Å²) < 4.78 is 0. The van der Waals surface area contributed by atoms with Gasteiger partial charge in [0, 0.05) is 23.6 Å². The summed E-state index contributed by atoms with van der Waals surface area (Å²) in [7, 11) is 0. The smallest absolute Gasteiger partial charge is 0.272 e. The van der Waals surface area contributed by atoms with Gasteiger partial charge in [0.1, 0.15) is 0 Å². The van der Waals surface area contributed by atoms with Crippen molar-refractivity contribution >= 4 is 11.6 Å². The van der Waals surface area contributed by atoms with E-state index in [0.717, 1.165) is 18.4 Å². The molecule has 1 aromatic carbocycles. The zero-order valence-electron chi connectivity index (χ0n) is 11.2. The molecule has 1 N–H and O–H groups in total. The lowest BCUT2D eigenvalue weighted by atomic mass is 9.90. The average molecular weight is 262 g/mol. The van der Waals surface area contributed by atoms with Gasteiger partial charge in [-0.25, -0.2) is 0 Å². The topological polar surface area (TPSA) is 72.2 Å². The van der Waals surface area contributed by atoms with Crippen LogP contribution >= 0.6 is 0 Å². The number of rotatable bonds is 3. The third kappa shape index (κ3) is 2.92. The fraction of sp³-hybridized carbons (Fsp3) is 0.500. The van der Waals surface area contributed by atoms with Gasteiger partial charge in [0.15, 0.2) is 0 Å². The predicted octanol–water partition coefficient (Wildman–Crippen LogP) is 2.36. The average Bonchev–Trinajstić information content (AvgIpc) is 2.36. The van der Waals surface area contributed by atoms with Gasteiger partial charge in [0.2, 0.25) is 5.91 Å². The van der Waals surface area contributed by atoms with Gasteiger partial charge in [-0.15, -0.1) is 0 Å². The van der Waals surface area contributed by atoms with Gasteiger partial charge < -0.3 is 5.32 Å². The summed E-state index contributed by atoms with van der Waals surface area (Å²) in [6, 6.07) is 5.20. The Bertz CT molecular complexity index is 513. The van der Waals surface area contributed by atoms with Crippen LogP contribution in [-0.2, 0) is 11.2 Å². The van der Waals surface area contributed by atoms with E-state index in [-0.39, 0.29) is 28.5 Å². The van der Waals surface area contributed by atoms with Gasteiger partial charge in [0.05, 0.1) is 4.92 Å². The van der Waals surface area contributed by atoms with Gasteiger partial charge in [-0.3, -0.25) is 14.9 Å². The minimum absolute atomic E-state index is 0.0717. The Balaban J connectivity index is 2.14. The van der Waals surface area contributed by atoms with Crippen LogP contribution in [0.5, 0.6) is 0 Å². The third-order valence-corrected chi connectivity index (χ3v) is 3.82. The second-order valence-corrected chi connectivity index (χ2v) is 5.21. The molecule has 1 aromatic rings. The molecule has 102 valence electrons. The number of carbonyl (C=O) groups excluding carboxylic acids is 1. The first-order valence-corrected chi connectivity index (χ1v) is 6.52. The highest BCUT2D eigenvalue weighted by atomic mass is 16.6. The summed E-state index contributed by atoms with van der Waals surface area (Å²) in [4.78, 5) is 22.2. The Morgan fingerprint density at radius 1 is 1.42 bits per heavy atom. The van der Waals surface area contributed by atoms with Crippen molar-refractivity contribution in [1.29, 1.82) is 0 Å².